The van der Waals surface area contributed by atoms with Crippen molar-refractivity contribution in [3.8, 4) is 16.3 Å². The number of ether oxygens (including phenoxy) is 1. The highest BCUT2D eigenvalue weighted by Gasteiger charge is 2.29. The molecular weight excluding hydrogens is 370 g/mol. The SMILES string of the molecule is COc1cccc(-c2nc(C)c(C(=O)N3CCC(N4CCCCC4)CC3)s2)c1. The van der Waals surface area contributed by atoms with Gasteiger partial charge in [-0.25, -0.2) is 4.98 Å². The predicted molar refractivity (Wildman–Crippen MR) is 113 cm³/mol. The van der Waals surface area contributed by atoms with E-state index in [0.717, 1.165) is 52.8 Å². The summed E-state index contributed by atoms with van der Waals surface area (Å²) in [5, 5.41) is 0.878. The van der Waals surface area contributed by atoms with Crippen LogP contribution in [0.4, 0.5) is 0 Å². The number of hydrogen-bond acceptors (Lipinski definition) is 5. The van der Waals surface area contributed by atoms with Crippen LogP contribution in [0.15, 0.2) is 24.3 Å². The fraction of sp³-hybridized carbons (Fsp3) is 0.545. The van der Waals surface area contributed by atoms with Crippen molar-refractivity contribution in [1.29, 1.82) is 0 Å². The zero-order valence-electron chi connectivity index (χ0n) is 16.8. The van der Waals surface area contributed by atoms with Gasteiger partial charge in [-0.05, 0) is 57.8 Å². The van der Waals surface area contributed by atoms with Gasteiger partial charge >= 0.3 is 0 Å². The molecule has 2 aliphatic heterocycles. The van der Waals surface area contributed by atoms with Crippen molar-refractivity contribution in [2.45, 2.75) is 45.1 Å². The van der Waals surface area contributed by atoms with Crippen molar-refractivity contribution >= 4 is 17.2 Å². The molecule has 0 spiro atoms. The maximum absolute atomic E-state index is 13.1. The van der Waals surface area contributed by atoms with Gasteiger partial charge in [0, 0.05) is 24.7 Å². The van der Waals surface area contributed by atoms with Crippen molar-refractivity contribution in [1.82, 2.24) is 14.8 Å². The minimum Gasteiger partial charge on any atom is -0.497 e. The average molecular weight is 400 g/mol. The molecule has 1 aromatic heterocycles. The normalized spacial score (nSPS) is 19.0. The number of carbonyl (C=O) groups is 1. The Morgan fingerprint density at radius 2 is 1.89 bits per heavy atom. The maximum atomic E-state index is 13.1. The molecule has 0 atom stereocenters. The summed E-state index contributed by atoms with van der Waals surface area (Å²) in [5.74, 6) is 0.944. The molecule has 1 aromatic carbocycles. The first kappa shape index (κ1) is 19.4. The lowest BCUT2D eigenvalue weighted by molar-refractivity contribution is 0.0593. The van der Waals surface area contributed by atoms with E-state index in [-0.39, 0.29) is 5.91 Å². The van der Waals surface area contributed by atoms with E-state index in [1.54, 1.807) is 7.11 Å². The zero-order chi connectivity index (χ0) is 19.5. The monoisotopic (exact) mass is 399 g/mol. The third-order valence-electron chi connectivity index (χ3n) is 5.97. The molecule has 2 saturated heterocycles. The van der Waals surface area contributed by atoms with Gasteiger partial charge in [-0.2, -0.15) is 0 Å². The Kier molecular flexibility index (Phi) is 5.97. The van der Waals surface area contributed by atoms with Gasteiger partial charge in [-0.15, -0.1) is 11.3 Å². The molecule has 0 bridgehead atoms. The predicted octanol–water partition coefficient (Wildman–Crippen LogP) is 4.22. The number of thiazole rings is 1. The van der Waals surface area contributed by atoms with E-state index < -0.39 is 0 Å². The molecule has 0 radical (unpaired) electrons. The number of aryl methyl sites for hydroxylation is 1. The molecule has 150 valence electrons. The number of amides is 1. The number of carbonyl (C=O) groups excluding carboxylic acids is 1. The molecule has 2 aliphatic rings. The molecule has 28 heavy (non-hydrogen) atoms. The molecule has 0 unspecified atom stereocenters. The van der Waals surface area contributed by atoms with Gasteiger partial charge in [0.25, 0.3) is 5.91 Å². The third-order valence-corrected chi connectivity index (χ3v) is 7.16. The van der Waals surface area contributed by atoms with Crippen molar-refractivity contribution < 1.29 is 9.53 Å². The lowest BCUT2D eigenvalue weighted by Gasteiger charge is -2.40. The van der Waals surface area contributed by atoms with Crippen LogP contribution in [0, 0.1) is 6.92 Å². The second kappa shape index (κ2) is 8.62. The highest BCUT2D eigenvalue weighted by molar-refractivity contribution is 7.17. The largest absolute Gasteiger partial charge is 0.497 e. The Morgan fingerprint density at radius 3 is 2.61 bits per heavy atom. The smallest absolute Gasteiger partial charge is 0.265 e. The number of piperidine rings is 2. The molecule has 0 aliphatic carbocycles. The fourth-order valence-electron chi connectivity index (χ4n) is 4.34. The lowest BCUT2D eigenvalue weighted by atomic mass is 10.00. The third kappa shape index (κ3) is 4.08. The average Bonchev–Trinajstić information content (AvgIpc) is 3.15. The van der Waals surface area contributed by atoms with E-state index in [0.29, 0.717) is 6.04 Å². The van der Waals surface area contributed by atoms with E-state index in [9.17, 15) is 4.79 Å². The van der Waals surface area contributed by atoms with Crippen LogP contribution in [0.2, 0.25) is 0 Å². The Hall–Kier alpha value is -1.92. The molecule has 0 saturated carbocycles. The molecule has 5 nitrogen and oxygen atoms in total. The summed E-state index contributed by atoms with van der Waals surface area (Å²) in [6.45, 7) is 6.11. The highest BCUT2D eigenvalue weighted by atomic mass is 32.1. The fourth-order valence-corrected chi connectivity index (χ4v) is 5.37. The minimum atomic E-state index is 0.140. The summed E-state index contributed by atoms with van der Waals surface area (Å²) in [7, 11) is 1.66. The summed E-state index contributed by atoms with van der Waals surface area (Å²) in [6.07, 6.45) is 6.20. The first-order valence-electron chi connectivity index (χ1n) is 10.3. The van der Waals surface area contributed by atoms with Crippen LogP contribution in [-0.2, 0) is 0 Å². The second-order valence-corrected chi connectivity index (χ2v) is 8.78. The van der Waals surface area contributed by atoms with Crippen LogP contribution in [0.5, 0.6) is 5.75 Å². The molecule has 1 amide bonds. The van der Waals surface area contributed by atoms with Gasteiger partial charge in [0.15, 0.2) is 0 Å². The van der Waals surface area contributed by atoms with Gasteiger partial charge in [0.1, 0.15) is 15.6 Å². The molecular formula is C22H29N3O2S. The number of hydrogen-bond donors (Lipinski definition) is 0. The van der Waals surface area contributed by atoms with E-state index in [1.807, 2.05) is 36.1 Å². The Labute approximate surface area is 171 Å². The molecule has 4 rings (SSSR count). The van der Waals surface area contributed by atoms with Gasteiger partial charge in [-0.1, -0.05) is 18.6 Å². The number of benzene rings is 1. The number of aromatic nitrogens is 1. The Bertz CT molecular complexity index is 821. The van der Waals surface area contributed by atoms with Crippen LogP contribution < -0.4 is 4.74 Å². The van der Waals surface area contributed by atoms with Gasteiger partial charge < -0.3 is 14.5 Å². The van der Waals surface area contributed by atoms with E-state index in [1.165, 1.54) is 43.7 Å². The van der Waals surface area contributed by atoms with Crippen molar-refractivity contribution in [3.05, 3.63) is 34.8 Å². The Morgan fingerprint density at radius 1 is 1.14 bits per heavy atom. The highest BCUT2D eigenvalue weighted by Crippen LogP contribution is 2.31. The van der Waals surface area contributed by atoms with Gasteiger partial charge in [0.05, 0.1) is 12.8 Å². The van der Waals surface area contributed by atoms with Crippen LogP contribution in [0.3, 0.4) is 0 Å². The van der Waals surface area contributed by atoms with E-state index in [4.69, 9.17) is 4.74 Å². The van der Waals surface area contributed by atoms with Crippen LogP contribution in [-0.4, -0.2) is 60.0 Å². The van der Waals surface area contributed by atoms with Crippen LogP contribution >= 0.6 is 11.3 Å². The maximum Gasteiger partial charge on any atom is 0.265 e. The molecule has 2 fully saturated rings. The molecule has 6 heteroatoms. The standard InChI is InChI=1S/C22H29N3O2S/c1-16-20(28-21(23-16)17-7-6-8-19(15-17)27-2)22(26)25-13-9-18(10-14-25)24-11-4-3-5-12-24/h6-8,15,18H,3-5,9-14H2,1-2H3. The van der Waals surface area contributed by atoms with Gasteiger partial charge in [-0.3, -0.25) is 4.79 Å². The molecule has 2 aromatic rings. The van der Waals surface area contributed by atoms with Crippen LogP contribution in [0.25, 0.3) is 10.6 Å². The topological polar surface area (TPSA) is 45.7 Å². The number of nitrogens with zero attached hydrogens (tertiary/aromatic N) is 3. The Balaban J connectivity index is 1.43. The number of likely N-dealkylation sites (tertiary alicyclic amines) is 2. The van der Waals surface area contributed by atoms with Crippen molar-refractivity contribution in [2.24, 2.45) is 0 Å². The summed E-state index contributed by atoms with van der Waals surface area (Å²) >= 11 is 1.49. The zero-order valence-corrected chi connectivity index (χ0v) is 17.6. The molecule has 3 heterocycles. The van der Waals surface area contributed by atoms with E-state index in [2.05, 4.69) is 9.88 Å². The quantitative estimate of drug-likeness (QED) is 0.772. The van der Waals surface area contributed by atoms with Crippen molar-refractivity contribution in [2.75, 3.05) is 33.3 Å². The first-order chi connectivity index (χ1) is 13.7. The summed E-state index contributed by atoms with van der Waals surface area (Å²) in [6, 6.07) is 8.51. The van der Waals surface area contributed by atoms with Crippen LogP contribution in [0.1, 0.15) is 47.5 Å². The summed E-state index contributed by atoms with van der Waals surface area (Å²) in [5.41, 5.74) is 1.82. The second-order valence-electron chi connectivity index (χ2n) is 7.79. The van der Waals surface area contributed by atoms with Gasteiger partial charge in [0.2, 0.25) is 0 Å². The van der Waals surface area contributed by atoms with E-state index >= 15 is 0 Å². The minimum absolute atomic E-state index is 0.140. The summed E-state index contributed by atoms with van der Waals surface area (Å²) < 4.78 is 5.31. The number of methoxy groups -OCH3 is 1. The first-order valence-corrected chi connectivity index (χ1v) is 11.1. The molecule has 0 N–H and O–H groups in total. The van der Waals surface area contributed by atoms with Crippen molar-refractivity contribution in [3.63, 3.8) is 0 Å². The lowest BCUT2D eigenvalue weighted by Crippen LogP contribution is -2.48. The summed E-state index contributed by atoms with van der Waals surface area (Å²) in [4.78, 5) is 23.2. The number of rotatable bonds is 4.